The summed E-state index contributed by atoms with van der Waals surface area (Å²) in [7, 11) is 1.99. The van der Waals surface area contributed by atoms with Gasteiger partial charge in [-0.05, 0) is 47.1 Å². The number of ether oxygens (including phenoxy) is 1. The molecule has 0 spiro atoms. The van der Waals surface area contributed by atoms with Crippen LogP contribution in [0.2, 0.25) is 0 Å². The van der Waals surface area contributed by atoms with Gasteiger partial charge in [0.1, 0.15) is 5.60 Å². The first-order valence-corrected chi connectivity index (χ1v) is 6.09. The maximum Gasteiger partial charge on any atom is 0.410 e. The number of carbonyl (C=O) groups excluding carboxylic acids is 1. The highest BCUT2D eigenvalue weighted by atomic mass is 16.6. The van der Waals surface area contributed by atoms with Gasteiger partial charge in [-0.15, -0.1) is 0 Å². The molecule has 2 bridgehead atoms. The van der Waals surface area contributed by atoms with Crippen molar-refractivity contribution in [2.75, 3.05) is 7.05 Å². The van der Waals surface area contributed by atoms with Gasteiger partial charge in [0.25, 0.3) is 0 Å². The monoisotopic (exact) mass is 226 g/mol. The SMILES string of the molecule is CNC1CC2C[C@@H](C1)N2C(=O)OC(C)(C)C. The third kappa shape index (κ3) is 2.17. The number of fused-ring (bicyclic) bond motifs is 2. The van der Waals surface area contributed by atoms with Gasteiger partial charge in [-0.3, -0.25) is 0 Å². The number of piperidine rings is 1. The van der Waals surface area contributed by atoms with E-state index in [1.807, 2.05) is 32.7 Å². The Morgan fingerprint density at radius 1 is 1.25 bits per heavy atom. The molecule has 92 valence electrons. The van der Waals surface area contributed by atoms with Gasteiger partial charge in [0, 0.05) is 18.1 Å². The molecule has 3 atom stereocenters. The lowest BCUT2D eigenvalue weighted by molar-refractivity contribution is -0.0581. The summed E-state index contributed by atoms with van der Waals surface area (Å²) in [5, 5.41) is 3.29. The van der Waals surface area contributed by atoms with E-state index in [4.69, 9.17) is 4.74 Å². The number of carbonyl (C=O) groups is 1. The zero-order chi connectivity index (χ0) is 11.9. The summed E-state index contributed by atoms with van der Waals surface area (Å²) in [6.45, 7) is 5.74. The van der Waals surface area contributed by atoms with Crippen molar-refractivity contribution in [2.24, 2.45) is 0 Å². The molecule has 1 N–H and O–H groups in total. The number of hydrogen-bond donors (Lipinski definition) is 1. The van der Waals surface area contributed by atoms with Gasteiger partial charge in [0.15, 0.2) is 0 Å². The van der Waals surface area contributed by atoms with Crippen LogP contribution in [0.25, 0.3) is 0 Å². The van der Waals surface area contributed by atoms with Crippen LogP contribution < -0.4 is 5.32 Å². The zero-order valence-corrected chi connectivity index (χ0v) is 10.6. The van der Waals surface area contributed by atoms with Crippen molar-refractivity contribution in [1.29, 1.82) is 0 Å². The molecule has 16 heavy (non-hydrogen) atoms. The molecule has 2 unspecified atom stereocenters. The first kappa shape index (κ1) is 11.7. The fraction of sp³-hybridized carbons (Fsp3) is 0.917. The van der Waals surface area contributed by atoms with Gasteiger partial charge >= 0.3 is 6.09 Å². The smallest absolute Gasteiger partial charge is 0.410 e. The third-order valence-electron chi connectivity index (χ3n) is 3.46. The highest BCUT2D eigenvalue weighted by molar-refractivity contribution is 5.70. The molecule has 3 fully saturated rings. The van der Waals surface area contributed by atoms with Crippen molar-refractivity contribution in [3.63, 3.8) is 0 Å². The van der Waals surface area contributed by atoms with Gasteiger partial charge in [0.05, 0.1) is 0 Å². The molecule has 1 saturated carbocycles. The molecular weight excluding hydrogens is 204 g/mol. The van der Waals surface area contributed by atoms with Crippen LogP contribution in [0.4, 0.5) is 4.79 Å². The summed E-state index contributed by atoms with van der Waals surface area (Å²) < 4.78 is 5.41. The van der Waals surface area contributed by atoms with E-state index in [1.165, 1.54) is 0 Å². The maximum absolute atomic E-state index is 11.9. The zero-order valence-electron chi connectivity index (χ0n) is 10.6. The number of nitrogens with zero attached hydrogens (tertiary/aromatic N) is 1. The van der Waals surface area contributed by atoms with Crippen LogP contribution >= 0.6 is 0 Å². The van der Waals surface area contributed by atoms with E-state index in [0.29, 0.717) is 18.1 Å². The van der Waals surface area contributed by atoms with Crippen LogP contribution in [0.15, 0.2) is 0 Å². The summed E-state index contributed by atoms with van der Waals surface area (Å²) in [4.78, 5) is 13.9. The topological polar surface area (TPSA) is 41.6 Å². The molecule has 4 heteroatoms. The second-order valence-electron chi connectivity index (χ2n) is 5.89. The number of rotatable bonds is 1. The molecule has 3 rings (SSSR count). The Hall–Kier alpha value is -0.770. The summed E-state index contributed by atoms with van der Waals surface area (Å²) in [5.74, 6) is 0. The molecule has 0 aromatic carbocycles. The number of hydrogen-bond acceptors (Lipinski definition) is 3. The van der Waals surface area contributed by atoms with E-state index in [-0.39, 0.29) is 11.7 Å². The lowest BCUT2D eigenvalue weighted by atomic mass is 9.77. The minimum absolute atomic E-state index is 0.136. The predicted molar refractivity (Wildman–Crippen MR) is 62.3 cm³/mol. The van der Waals surface area contributed by atoms with Crippen molar-refractivity contribution >= 4 is 6.09 Å². The first-order chi connectivity index (χ1) is 7.40. The van der Waals surface area contributed by atoms with Crippen molar-refractivity contribution in [1.82, 2.24) is 10.2 Å². The van der Waals surface area contributed by atoms with Gasteiger partial charge in [0.2, 0.25) is 0 Å². The molecule has 0 aromatic rings. The largest absolute Gasteiger partial charge is 0.444 e. The molecule has 2 aliphatic heterocycles. The van der Waals surface area contributed by atoms with E-state index >= 15 is 0 Å². The summed E-state index contributed by atoms with van der Waals surface area (Å²) in [5.41, 5.74) is -0.386. The molecule has 4 nitrogen and oxygen atoms in total. The van der Waals surface area contributed by atoms with Crippen LogP contribution in [-0.2, 0) is 4.74 Å². The molecule has 1 amide bonds. The second-order valence-corrected chi connectivity index (χ2v) is 5.89. The Kier molecular flexibility index (Phi) is 2.86. The molecular formula is C12H22N2O2. The van der Waals surface area contributed by atoms with Gasteiger partial charge in [-0.25, -0.2) is 4.79 Å². The van der Waals surface area contributed by atoms with Crippen LogP contribution in [0.1, 0.15) is 40.0 Å². The van der Waals surface area contributed by atoms with Crippen LogP contribution in [-0.4, -0.2) is 41.8 Å². The van der Waals surface area contributed by atoms with Gasteiger partial charge in [-0.2, -0.15) is 0 Å². The Morgan fingerprint density at radius 3 is 2.25 bits per heavy atom. The number of amides is 1. The maximum atomic E-state index is 11.9. The normalized spacial score (nSPS) is 33.2. The summed E-state index contributed by atoms with van der Waals surface area (Å²) in [6, 6.07) is 1.36. The molecule has 2 heterocycles. The quantitative estimate of drug-likeness (QED) is 0.740. The Balaban J connectivity index is 1.92. The molecule has 3 aliphatic rings. The van der Waals surface area contributed by atoms with Crippen molar-refractivity contribution < 1.29 is 9.53 Å². The highest BCUT2D eigenvalue weighted by Crippen LogP contribution is 2.39. The minimum Gasteiger partial charge on any atom is -0.444 e. The van der Waals surface area contributed by atoms with Gasteiger partial charge in [-0.1, -0.05) is 0 Å². The molecule has 1 aliphatic carbocycles. The van der Waals surface area contributed by atoms with E-state index < -0.39 is 0 Å². The fourth-order valence-corrected chi connectivity index (χ4v) is 2.72. The van der Waals surface area contributed by atoms with Crippen molar-refractivity contribution in [2.45, 2.75) is 63.8 Å². The second kappa shape index (κ2) is 3.91. The first-order valence-electron chi connectivity index (χ1n) is 6.09. The van der Waals surface area contributed by atoms with Crippen LogP contribution in [0.3, 0.4) is 0 Å². The number of nitrogens with one attached hydrogen (secondary N) is 1. The molecule has 0 radical (unpaired) electrons. The Bertz CT molecular complexity index is 273. The average molecular weight is 226 g/mol. The molecule has 0 aromatic heterocycles. The lowest BCUT2D eigenvalue weighted by Gasteiger charge is -2.54. The molecule has 2 saturated heterocycles. The summed E-state index contributed by atoms with van der Waals surface area (Å²) in [6.07, 6.45) is 3.14. The van der Waals surface area contributed by atoms with Crippen LogP contribution in [0, 0.1) is 0 Å². The average Bonchev–Trinajstić information content (AvgIpc) is 2.14. The third-order valence-corrected chi connectivity index (χ3v) is 3.46. The van der Waals surface area contributed by atoms with E-state index in [0.717, 1.165) is 19.3 Å². The van der Waals surface area contributed by atoms with E-state index in [1.54, 1.807) is 0 Å². The fourth-order valence-electron chi connectivity index (χ4n) is 2.72. The lowest BCUT2D eigenvalue weighted by Crippen LogP contribution is -2.66. The van der Waals surface area contributed by atoms with Crippen molar-refractivity contribution in [3.05, 3.63) is 0 Å². The van der Waals surface area contributed by atoms with Crippen molar-refractivity contribution in [3.8, 4) is 0 Å². The minimum atomic E-state index is -0.386. The Morgan fingerprint density at radius 2 is 1.81 bits per heavy atom. The van der Waals surface area contributed by atoms with E-state index in [9.17, 15) is 4.79 Å². The predicted octanol–water partition coefficient (Wildman–Crippen LogP) is 1.75. The highest BCUT2D eigenvalue weighted by Gasteiger charge is 2.48. The van der Waals surface area contributed by atoms with E-state index in [2.05, 4.69) is 5.32 Å². The van der Waals surface area contributed by atoms with Gasteiger partial charge < -0.3 is 15.0 Å². The summed E-state index contributed by atoms with van der Waals surface area (Å²) >= 11 is 0. The van der Waals surface area contributed by atoms with Crippen LogP contribution in [0.5, 0.6) is 0 Å². The Labute approximate surface area is 97.3 Å². The standard InChI is InChI=1S/C12H22N2O2/c1-12(2,3)16-11(15)14-9-5-8(13-4)6-10(14)7-9/h8-10,13H,5-7H2,1-4H3/t8?,9-,10?/m1/s1.